The number of amides is 1. The number of ether oxygens (including phenoxy) is 2. The third kappa shape index (κ3) is 5.31. The molecule has 0 spiro atoms. The van der Waals surface area contributed by atoms with Crippen molar-refractivity contribution in [2.24, 2.45) is 5.92 Å². The van der Waals surface area contributed by atoms with Gasteiger partial charge in [-0.3, -0.25) is 14.5 Å². The summed E-state index contributed by atoms with van der Waals surface area (Å²) in [6.07, 6.45) is 0. The second-order valence-corrected chi connectivity index (χ2v) is 9.56. The van der Waals surface area contributed by atoms with Crippen molar-refractivity contribution < 1.29 is 33.7 Å². The fraction of sp³-hybridized carbons (Fsp3) is 0.241. The van der Waals surface area contributed by atoms with E-state index in [-0.39, 0.29) is 34.4 Å². The zero-order chi connectivity index (χ0) is 27.6. The molecule has 1 fully saturated rings. The van der Waals surface area contributed by atoms with Crippen molar-refractivity contribution in [3.63, 3.8) is 0 Å². The summed E-state index contributed by atoms with van der Waals surface area (Å²) in [7, 11) is 0. The lowest BCUT2D eigenvalue weighted by molar-refractivity contribution is -0.132. The van der Waals surface area contributed by atoms with E-state index in [4.69, 9.17) is 21.1 Å². The Morgan fingerprint density at radius 3 is 2.39 bits per heavy atom. The highest BCUT2D eigenvalue weighted by molar-refractivity contribution is 6.51. The number of nitrogens with zero attached hydrogens (tertiary/aromatic N) is 1. The number of phenols is 1. The van der Waals surface area contributed by atoms with Crippen LogP contribution in [0.2, 0.25) is 5.02 Å². The molecule has 1 saturated heterocycles. The summed E-state index contributed by atoms with van der Waals surface area (Å²) in [5.74, 6) is -2.02. The second kappa shape index (κ2) is 11.1. The van der Waals surface area contributed by atoms with E-state index in [1.807, 2.05) is 13.8 Å². The van der Waals surface area contributed by atoms with Crippen LogP contribution in [0.3, 0.4) is 0 Å². The molecule has 9 heteroatoms. The number of rotatable bonds is 8. The Labute approximate surface area is 224 Å². The van der Waals surface area contributed by atoms with Crippen molar-refractivity contribution in [2.75, 3.05) is 18.1 Å². The highest BCUT2D eigenvalue weighted by atomic mass is 35.5. The van der Waals surface area contributed by atoms with Crippen molar-refractivity contribution in [1.82, 2.24) is 0 Å². The van der Waals surface area contributed by atoms with Crippen molar-refractivity contribution in [3.8, 4) is 17.2 Å². The van der Waals surface area contributed by atoms with E-state index in [0.717, 1.165) is 11.0 Å². The van der Waals surface area contributed by atoms with Crippen LogP contribution in [-0.2, 0) is 9.59 Å². The number of halogens is 2. The molecule has 1 aliphatic rings. The highest BCUT2D eigenvalue weighted by Gasteiger charge is 2.47. The van der Waals surface area contributed by atoms with E-state index < -0.39 is 29.3 Å². The molecule has 7 nitrogen and oxygen atoms in total. The van der Waals surface area contributed by atoms with Gasteiger partial charge in [0, 0.05) is 11.3 Å². The van der Waals surface area contributed by atoms with Gasteiger partial charge in [0.05, 0.1) is 29.9 Å². The van der Waals surface area contributed by atoms with Crippen LogP contribution in [-0.4, -0.2) is 35.1 Å². The summed E-state index contributed by atoms with van der Waals surface area (Å²) >= 11 is 5.99. The lowest BCUT2D eigenvalue weighted by Crippen LogP contribution is -2.29. The molecule has 2 N–H and O–H groups in total. The second-order valence-electron chi connectivity index (χ2n) is 9.16. The van der Waals surface area contributed by atoms with Crippen LogP contribution in [0, 0.1) is 11.7 Å². The van der Waals surface area contributed by atoms with Gasteiger partial charge in [0.1, 0.15) is 17.3 Å². The number of ketones is 1. The fourth-order valence-electron chi connectivity index (χ4n) is 4.15. The Morgan fingerprint density at radius 2 is 1.76 bits per heavy atom. The molecule has 1 amide bonds. The first-order valence-electron chi connectivity index (χ1n) is 12.1. The number of hydrogen-bond acceptors (Lipinski definition) is 6. The van der Waals surface area contributed by atoms with E-state index in [0.29, 0.717) is 29.4 Å². The molecule has 1 aliphatic heterocycles. The maximum Gasteiger partial charge on any atom is 0.300 e. The van der Waals surface area contributed by atoms with E-state index in [1.54, 1.807) is 31.2 Å². The molecular weight excluding hydrogens is 513 g/mol. The van der Waals surface area contributed by atoms with Gasteiger partial charge in [-0.25, -0.2) is 4.39 Å². The number of aromatic hydroxyl groups is 1. The minimum Gasteiger partial charge on any atom is -0.507 e. The maximum absolute atomic E-state index is 13.9. The van der Waals surface area contributed by atoms with Gasteiger partial charge in [0.15, 0.2) is 11.5 Å². The Kier molecular flexibility index (Phi) is 7.92. The van der Waals surface area contributed by atoms with Crippen molar-refractivity contribution in [1.29, 1.82) is 0 Å². The van der Waals surface area contributed by atoms with Crippen LogP contribution < -0.4 is 14.4 Å². The molecule has 0 radical (unpaired) electrons. The van der Waals surface area contributed by atoms with Crippen molar-refractivity contribution in [2.45, 2.75) is 26.8 Å². The van der Waals surface area contributed by atoms with Gasteiger partial charge in [-0.1, -0.05) is 31.5 Å². The van der Waals surface area contributed by atoms with Crippen LogP contribution in [0.15, 0.2) is 66.2 Å². The average molecular weight is 540 g/mol. The van der Waals surface area contributed by atoms with Crippen LogP contribution in [0.4, 0.5) is 10.1 Å². The number of carbonyl (C=O) groups is 2. The van der Waals surface area contributed by atoms with Gasteiger partial charge in [0.25, 0.3) is 11.7 Å². The number of Topliss-reactive ketones (excluding diaryl/α,β-unsaturated/α-hetero) is 1. The quantitative estimate of drug-likeness (QED) is 0.200. The van der Waals surface area contributed by atoms with E-state index >= 15 is 0 Å². The summed E-state index contributed by atoms with van der Waals surface area (Å²) in [6, 6.07) is 13.4. The standard InChI is InChI=1S/C29H27ClFNO6/c1-4-37-24-13-18(7-12-23(24)33)26-25(27(34)17-5-9-20(10-6-17)38-15-16(2)3)28(35)29(36)32(26)19-8-11-22(31)21(30)14-19/h5-14,16,26,33-34H,4,15H2,1-3H3/b27-25+. The average Bonchev–Trinajstić information content (AvgIpc) is 3.16. The van der Waals surface area contributed by atoms with Crippen LogP contribution >= 0.6 is 11.6 Å². The molecule has 0 aromatic heterocycles. The molecular formula is C29H27ClFNO6. The monoisotopic (exact) mass is 539 g/mol. The number of phenolic OH excluding ortho intramolecular Hbond substituents is 1. The summed E-state index contributed by atoms with van der Waals surface area (Å²) in [6.45, 7) is 6.56. The number of aliphatic hydroxyl groups excluding tert-OH is 1. The van der Waals surface area contributed by atoms with E-state index in [9.17, 15) is 24.2 Å². The first-order valence-corrected chi connectivity index (χ1v) is 12.4. The molecule has 0 saturated carbocycles. The Hall–Kier alpha value is -4.04. The molecule has 38 heavy (non-hydrogen) atoms. The SMILES string of the molecule is CCOc1cc(C2/C(=C(\O)c3ccc(OCC(C)C)cc3)C(=O)C(=O)N2c2ccc(F)c(Cl)c2)ccc1O. The summed E-state index contributed by atoms with van der Waals surface area (Å²) < 4.78 is 25.1. The normalized spacial score (nSPS) is 16.8. The molecule has 1 unspecified atom stereocenters. The van der Waals surface area contributed by atoms with Gasteiger partial charge in [-0.15, -0.1) is 0 Å². The number of hydrogen-bond donors (Lipinski definition) is 2. The zero-order valence-corrected chi connectivity index (χ0v) is 21.8. The third-order valence-electron chi connectivity index (χ3n) is 5.94. The van der Waals surface area contributed by atoms with E-state index in [1.165, 1.54) is 30.3 Å². The number of anilines is 1. The molecule has 3 aromatic carbocycles. The minimum atomic E-state index is -1.12. The Morgan fingerprint density at radius 1 is 1.05 bits per heavy atom. The Balaban J connectivity index is 1.87. The third-order valence-corrected chi connectivity index (χ3v) is 6.23. The topological polar surface area (TPSA) is 96.3 Å². The molecule has 198 valence electrons. The summed E-state index contributed by atoms with van der Waals surface area (Å²) in [5.41, 5.74) is 0.653. The van der Waals surface area contributed by atoms with Gasteiger partial charge >= 0.3 is 0 Å². The molecule has 3 aromatic rings. The Bertz CT molecular complexity index is 1400. The highest BCUT2D eigenvalue weighted by Crippen LogP contribution is 2.44. The molecule has 0 aliphatic carbocycles. The van der Waals surface area contributed by atoms with Crippen molar-refractivity contribution >= 4 is 34.7 Å². The number of benzene rings is 3. The zero-order valence-electron chi connectivity index (χ0n) is 21.1. The lowest BCUT2D eigenvalue weighted by atomic mass is 9.94. The molecule has 0 bridgehead atoms. The smallest absolute Gasteiger partial charge is 0.300 e. The number of carbonyl (C=O) groups excluding carboxylic acids is 2. The molecule has 1 heterocycles. The minimum absolute atomic E-state index is 0.130. The maximum atomic E-state index is 13.9. The fourth-order valence-corrected chi connectivity index (χ4v) is 4.32. The van der Waals surface area contributed by atoms with Gasteiger partial charge < -0.3 is 19.7 Å². The molecule has 4 rings (SSSR count). The summed E-state index contributed by atoms with van der Waals surface area (Å²) in [5, 5.41) is 21.3. The molecule has 1 atom stereocenters. The predicted molar refractivity (Wildman–Crippen MR) is 142 cm³/mol. The van der Waals surface area contributed by atoms with Crippen LogP contribution in [0.1, 0.15) is 37.9 Å². The van der Waals surface area contributed by atoms with Gasteiger partial charge in [0.2, 0.25) is 0 Å². The largest absolute Gasteiger partial charge is 0.507 e. The van der Waals surface area contributed by atoms with Crippen LogP contribution in [0.25, 0.3) is 5.76 Å². The number of aliphatic hydroxyl groups is 1. The first kappa shape index (κ1) is 27.0. The predicted octanol–water partition coefficient (Wildman–Crippen LogP) is 6.24. The van der Waals surface area contributed by atoms with Crippen LogP contribution in [0.5, 0.6) is 17.2 Å². The summed E-state index contributed by atoms with van der Waals surface area (Å²) in [4.78, 5) is 27.8. The van der Waals surface area contributed by atoms with Gasteiger partial charge in [-0.05, 0) is 73.0 Å². The lowest BCUT2D eigenvalue weighted by Gasteiger charge is -2.26. The van der Waals surface area contributed by atoms with E-state index in [2.05, 4.69) is 0 Å². The van der Waals surface area contributed by atoms with Gasteiger partial charge in [-0.2, -0.15) is 0 Å². The van der Waals surface area contributed by atoms with Crippen molar-refractivity contribution in [3.05, 3.63) is 88.2 Å². The first-order chi connectivity index (χ1) is 18.1.